The van der Waals surface area contributed by atoms with E-state index < -0.39 is 5.97 Å². The van der Waals surface area contributed by atoms with Gasteiger partial charge < -0.3 is 14.8 Å². The number of hydrogen-bond donors (Lipinski definition) is 2. The average Bonchev–Trinajstić information content (AvgIpc) is 2.74. The predicted molar refractivity (Wildman–Crippen MR) is 73.2 cm³/mol. The van der Waals surface area contributed by atoms with Gasteiger partial charge in [-0.2, -0.15) is 0 Å². The molecule has 0 saturated carbocycles. The fourth-order valence-corrected chi connectivity index (χ4v) is 2.77. The first kappa shape index (κ1) is 14.6. The van der Waals surface area contributed by atoms with E-state index >= 15 is 0 Å². The van der Waals surface area contributed by atoms with E-state index in [4.69, 9.17) is 9.52 Å². The highest BCUT2D eigenvalue weighted by molar-refractivity contribution is 5.77. The molecule has 0 radical (unpaired) electrons. The van der Waals surface area contributed by atoms with Crippen LogP contribution >= 0.6 is 0 Å². The molecule has 110 valence electrons. The van der Waals surface area contributed by atoms with E-state index in [0.717, 1.165) is 24.2 Å². The van der Waals surface area contributed by atoms with Crippen molar-refractivity contribution < 1.29 is 19.1 Å². The summed E-state index contributed by atoms with van der Waals surface area (Å²) >= 11 is 0. The van der Waals surface area contributed by atoms with E-state index in [1.165, 1.54) is 0 Å². The lowest BCUT2D eigenvalue weighted by atomic mass is 9.75. The second-order valence-corrected chi connectivity index (χ2v) is 6.21. The maximum Gasteiger partial charge on any atom is 0.303 e. The summed E-state index contributed by atoms with van der Waals surface area (Å²) in [4.78, 5) is 22.3. The van der Waals surface area contributed by atoms with Gasteiger partial charge in [0, 0.05) is 24.8 Å². The standard InChI is InChI=1S/C15H21NO4/c1-15(2)8-11(10-6-7-20-12(10)9-15)16-13(17)4-3-5-14(18)19/h6-7,11H,3-5,8-9H2,1-2H3,(H,16,17)(H,18,19). The van der Waals surface area contributed by atoms with Crippen molar-refractivity contribution in [2.24, 2.45) is 5.41 Å². The van der Waals surface area contributed by atoms with Crippen molar-refractivity contribution in [2.45, 2.75) is 52.0 Å². The molecule has 1 unspecified atom stereocenters. The van der Waals surface area contributed by atoms with Crippen LogP contribution in [-0.4, -0.2) is 17.0 Å². The normalized spacial score (nSPS) is 20.2. The molecule has 1 aromatic rings. The van der Waals surface area contributed by atoms with E-state index in [9.17, 15) is 9.59 Å². The summed E-state index contributed by atoms with van der Waals surface area (Å²) in [6.45, 7) is 4.31. The summed E-state index contributed by atoms with van der Waals surface area (Å²) in [7, 11) is 0. The summed E-state index contributed by atoms with van der Waals surface area (Å²) in [6.07, 6.45) is 4.05. The minimum Gasteiger partial charge on any atom is -0.481 e. The molecule has 1 atom stereocenters. The van der Waals surface area contributed by atoms with Crippen LogP contribution < -0.4 is 5.32 Å². The van der Waals surface area contributed by atoms with Gasteiger partial charge in [0.1, 0.15) is 5.76 Å². The molecular formula is C15H21NO4. The van der Waals surface area contributed by atoms with Gasteiger partial charge in [0.2, 0.25) is 5.91 Å². The Labute approximate surface area is 118 Å². The lowest BCUT2D eigenvalue weighted by Crippen LogP contribution is -2.35. The number of carboxylic acid groups (broad SMARTS) is 1. The van der Waals surface area contributed by atoms with Crippen LogP contribution in [-0.2, 0) is 16.0 Å². The smallest absolute Gasteiger partial charge is 0.303 e. The Morgan fingerprint density at radius 2 is 2.20 bits per heavy atom. The Kier molecular flexibility index (Phi) is 4.16. The summed E-state index contributed by atoms with van der Waals surface area (Å²) < 4.78 is 5.49. The number of hydrogen-bond acceptors (Lipinski definition) is 3. The van der Waals surface area contributed by atoms with E-state index in [2.05, 4.69) is 19.2 Å². The maximum atomic E-state index is 11.9. The molecule has 20 heavy (non-hydrogen) atoms. The molecule has 5 heteroatoms. The van der Waals surface area contributed by atoms with Crippen LogP contribution in [0.25, 0.3) is 0 Å². The van der Waals surface area contributed by atoms with Crippen molar-refractivity contribution >= 4 is 11.9 Å². The Bertz CT molecular complexity index is 504. The van der Waals surface area contributed by atoms with Crippen molar-refractivity contribution in [1.29, 1.82) is 0 Å². The molecule has 0 fully saturated rings. The van der Waals surface area contributed by atoms with Crippen LogP contribution in [0.2, 0.25) is 0 Å². The molecule has 1 amide bonds. The highest BCUT2D eigenvalue weighted by atomic mass is 16.4. The minimum atomic E-state index is -0.867. The lowest BCUT2D eigenvalue weighted by Gasteiger charge is -2.34. The van der Waals surface area contributed by atoms with Gasteiger partial charge in [-0.3, -0.25) is 9.59 Å². The van der Waals surface area contributed by atoms with Crippen LogP contribution in [0.15, 0.2) is 16.7 Å². The molecule has 0 spiro atoms. The number of nitrogens with one attached hydrogen (secondary N) is 1. The second kappa shape index (κ2) is 5.69. The Morgan fingerprint density at radius 3 is 2.90 bits per heavy atom. The van der Waals surface area contributed by atoms with E-state index in [-0.39, 0.29) is 30.2 Å². The third kappa shape index (κ3) is 3.62. The third-order valence-electron chi connectivity index (χ3n) is 3.68. The topological polar surface area (TPSA) is 79.5 Å². The molecule has 1 aliphatic rings. The summed E-state index contributed by atoms with van der Waals surface area (Å²) in [5, 5.41) is 11.6. The number of rotatable bonds is 5. The Balaban J connectivity index is 1.96. The monoisotopic (exact) mass is 279 g/mol. The zero-order chi connectivity index (χ0) is 14.8. The molecule has 2 N–H and O–H groups in total. The lowest BCUT2D eigenvalue weighted by molar-refractivity contribution is -0.137. The van der Waals surface area contributed by atoms with Crippen molar-refractivity contribution in [3.8, 4) is 0 Å². The molecular weight excluding hydrogens is 258 g/mol. The van der Waals surface area contributed by atoms with Crippen LogP contribution in [0.1, 0.15) is 56.9 Å². The quantitative estimate of drug-likeness (QED) is 0.868. The summed E-state index contributed by atoms with van der Waals surface area (Å²) in [5.74, 6) is -0.0214. The number of aliphatic carboxylic acids is 1. The molecule has 0 bridgehead atoms. The fourth-order valence-electron chi connectivity index (χ4n) is 2.77. The Hall–Kier alpha value is -1.78. The van der Waals surface area contributed by atoms with Gasteiger partial charge in [-0.1, -0.05) is 13.8 Å². The SMILES string of the molecule is CC1(C)Cc2occc2C(NC(=O)CCCC(=O)O)C1. The van der Waals surface area contributed by atoms with Gasteiger partial charge in [0.05, 0.1) is 12.3 Å². The van der Waals surface area contributed by atoms with Crippen molar-refractivity contribution in [3.05, 3.63) is 23.7 Å². The summed E-state index contributed by atoms with van der Waals surface area (Å²) in [6, 6.07) is 1.87. The number of carbonyl (C=O) groups excluding carboxylic acids is 1. The minimum absolute atomic E-state index is 0.0283. The van der Waals surface area contributed by atoms with Crippen molar-refractivity contribution in [1.82, 2.24) is 5.32 Å². The predicted octanol–water partition coefficient (Wildman–Crippen LogP) is 2.66. The number of carboxylic acids is 1. The molecule has 0 saturated heterocycles. The number of fused-ring (bicyclic) bond motifs is 1. The molecule has 5 nitrogen and oxygen atoms in total. The van der Waals surface area contributed by atoms with Crippen molar-refractivity contribution in [3.63, 3.8) is 0 Å². The van der Waals surface area contributed by atoms with E-state index in [0.29, 0.717) is 6.42 Å². The first-order valence-corrected chi connectivity index (χ1v) is 6.95. The number of carbonyl (C=O) groups is 2. The molecule has 0 aromatic carbocycles. The van der Waals surface area contributed by atoms with E-state index in [1.54, 1.807) is 6.26 Å². The van der Waals surface area contributed by atoms with Crippen LogP contribution in [0.5, 0.6) is 0 Å². The number of amides is 1. The first-order chi connectivity index (χ1) is 9.37. The molecule has 2 rings (SSSR count). The van der Waals surface area contributed by atoms with E-state index in [1.807, 2.05) is 6.07 Å². The highest BCUT2D eigenvalue weighted by Gasteiger charge is 2.34. The van der Waals surface area contributed by atoms with Gasteiger partial charge in [0.25, 0.3) is 0 Å². The fraction of sp³-hybridized carbons (Fsp3) is 0.600. The first-order valence-electron chi connectivity index (χ1n) is 6.95. The van der Waals surface area contributed by atoms with Gasteiger partial charge in [-0.05, 0) is 24.3 Å². The molecule has 1 aromatic heterocycles. The zero-order valence-electron chi connectivity index (χ0n) is 11.9. The van der Waals surface area contributed by atoms with Gasteiger partial charge in [-0.15, -0.1) is 0 Å². The number of furan rings is 1. The van der Waals surface area contributed by atoms with Crippen molar-refractivity contribution in [2.75, 3.05) is 0 Å². The molecule has 0 aliphatic heterocycles. The average molecular weight is 279 g/mol. The second-order valence-electron chi connectivity index (χ2n) is 6.21. The summed E-state index contributed by atoms with van der Waals surface area (Å²) in [5.41, 5.74) is 1.14. The zero-order valence-corrected chi connectivity index (χ0v) is 11.9. The Morgan fingerprint density at radius 1 is 1.45 bits per heavy atom. The maximum absolute atomic E-state index is 11.9. The largest absolute Gasteiger partial charge is 0.481 e. The van der Waals surface area contributed by atoms with Crippen LogP contribution in [0, 0.1) is 5.41 Å². The molecule has 1 aliphatic carbocycles. The van der Waals surface area contributed by atoms with Gasteiger partial charge in [0.15, 0.2) is 0 Å². The van der Waals surface area contributed by atoms with Crippen LogP contribution in [0.3, 0.4) is 0 Å². The molecule has 1 heterocycles. The highest BCUT2D eigenvalue weighted by Crippen LogP contribution is 2.41. The van der Waals surface area contributed by atoms with Gasteiger partial charge >= 0.3 is 5.97 Å². The van der Waals surface area contributed by atoms with Gasteiger partial charge in [-0.25, -0.2) is 0 Å². The third-order valence-corrected chi connectivity index (χ3v) is 3.68. The van der Waals surface area contributed by atoms with Crippen LogP contribution in [0.4, 0.5) is 0 Å².